The molecular formula is C19H15ClN2O2. The fraction of sp³-hybridized carbons (Fsp3) is 0.158. The van der Waals surface area contributed by atoms with Crippen LogP contribution in [0.25, 0.3) is 11.1 Å². The van der Waals surface area contributed by atoms with E-state index in [1.54, 1.807) is 6.20 Å². The lowest BCUT2D eigenvalue weighted by molar-refractivity contribution is 0.0729. The normalized spacial score (nSPS) is 13.6. The molecule has 24 heavy (non-hydrogen) atoms. The molecule has 4 nitrogen and oxygen atoms in total. The number of carbonyl (C=O) groups excluding carboxylic acids is 1. The molecule has 0 bridgehead atoms. The highest BCUT2D eigenvalue weighted by molar-refractivity contribution is 6.30. The van der Waals surface area contributed by atoms with E-state index in [0.717, 1.165) is 22.5 Å². The van der Waals surface area contributed by atoms with Gasteiger partial charge in [0, 0.05) is 29.1 Å². The molecule has 1 aliphatic rings. The summed E-state index contributed by atoms with van der Waals surface area (Å²) in [7, 11) is 0. The Morgan fingerprint density at radius 2 is 1.96 bits per heavy atom. The molecule has 0 N–H and O–H groups in total. The molecule has 0 fully saturated rings. The first-order valence-corrected chi connectivity index (χ1v) is 8.16. The summed E-state index contributed by atoms with van der Waals surface area (Å²) in [4.78, 5) is 14.5. The minimum Gasteiger partial charge on any atom is -0.361 e. The molecule has 0 saturated heterocycles. The van der Waals surface area contributed by atoms with E-state index in [1.807, 2.05) is 53.4 Å². The Morgan fingerprint density at radius 3 is 2.75 bits per heavy atom. The molecule has 0 spiro atoms. The molecule has 0 aliphatic carbocycles. The molecule has 1 aliphatic heterocycles. The standard InChI is InChI=1S/C19H15ClN2O2/c20-17-3-1-2-15(10-17)13-4-6-14(7-5-13)19(23)22-9-8-18-16(12-22)11-21-24-18/h1-7,10-11H,8-9,12H2. The van der Waals surface area contributed by atoms with Crippen LogP contribution in [0.4, 0.5) is 0 Å². The van der Waals surface area contributed by atoms with Crippen LogP contribution in [-0.2, 0) is 13.0 Å². The molecule has 1 aromatic heterocycles. The number of benzene rings is 2. The number of carbonyl (C=O) groups is 1. The third-order valence-corrected chi connectivity index (χ3v) is 4.51. The Bertz CT molecular complexity index is 886. The minimum absolute atomic E-state index is 0.0273. The van der Waals surface area contributed by atoms with Crippen LogP contribution in [0.3, 0.4) is 0 Å². The van der Waals surface area contributed by atoms with Crippen LogP contribution in [0, 0.1) is 0 Å². The van der Waals surface area contributed by atoms with Gasteiger partial charge in [0.1, 0.15) is 5.76 Å². The largest absolute Gasteiger partial charge is 0.361 e. The molecule has 0 radical (unpaired) electrons. The number of fused-ring (bicyclic) bond motifs is 1. The van der Waals surface area contributed by atoms with Crippen molar-refractivity contribution in [3.8, 4) is 11.1 Å². The van der Waals surface area contributed by atoms with Crippen molar-refractivity contribution in [2.45, 2.75) is 13.0 Å². The molecule has 0 saturated carbocycles. The lowest BCUT2D eigenvalue weighted by atomic mass is 10.0. The average molecular weight is 339 g/mol. The van der Waals surface area contributed by atoms with E-state index < -0.39 is 0 Å². The second-order valence-corrected chi connectivity index (χ2v) is 6.28. The number of hydrogen-bond donors (Lipinski definition) is 0. The van der Waals surface area contributed by atoms with Crippen molar-refractivity contribution in [1.82, 2.24) is 10.1 Å². The third-order valence-electron chi connectivity index (χ3n) is 4.28. The number of halogens is 1. The molecule has 2 aromatic carbocycles. The Labute approximate surface area is 144 Å². The summed E-state index contributed by atoms with van der Waals surface area (Å²) in [5.74, 6) is 0.912. The predicted octanol–water partition coefficient (Wildman–Crippen LogP) is 4.19. The van der Waals surface area contributed by atoms with Crippen molar-refractivity contribution in [1.29, 1.82) is 0 Å². The SMILES string of the molecule is O=C(c1ccc(-c2cccc(Cl)c2)cc1)N1CCc2oncc2C1. The fourth-order valence-corrected chi connectivity index (χ4v) is 3.16. The highest BCUT2D eigenvalue weighted by atomic mass is 35.5. The van der Waals surface area contributed by atoms with Gasteiger partial charge in [-0.1, -0.05) is 41.0 Å². The summed E-state index contributed by atoms with van der Waals surface area (Å²) < 4.78 is 5.17. The molecule has 4 rings (SSSR count). The maximum Gasteiger partial charge on any atom is 0.254 e. The Balaban J connectivity index is 1.54. The quantitative estimate of drug-likeness (QED) is 0.703. The first-order chi connectivity index (χ1) is 11.7. The topological polar surface area (TPSA) is 46.3 Å². The molecule has 2 heterocycles. The van der Waals surface area contributed by atoms with E-state index in [4.69, 9.17) is 16.1 Å². The maximum absolute atomic E-state index is 12.7. The molecular weight excluding hydrogens is 324 g/mol. The van der Waals surface area contributed by atoms with Gasteiger partial charge >= 0.3 is 0 Å². The van der Waals surface area contributed by atoms with Gasteiger partial charge in [-0.05, 0) is 35.4 Å². The van der Waals surface area contributed by atoms with E-state index in [2.05, 4.69) is 5.16 Å². The number of hydrogen-bond acceptors (Lipinski definition) is 3. The van der Waals surface area contributed by atoms with Gasteiger partial charge in [0.2, 0.25) is 0 Å². The molecule has 1 amide bonds. The molecule has 5 heteroatoms. The van der Waals surface area contributed by atoms with Gasteiger partial charge in [-0.3, -0.25) is 4.79 Å². The van der Waals surface area contributed by atoms with Gasteiger partial charge in [0.25, 0.3) is 5.91 Å². The van der Waals surface area contributed by atoms with E-state index in [-0.39, 0.29) is 5.91 Å². The van der Waals surface area contributed by atoms with E-state index in [0.29, 0.717) is 30.1 Å². The number of amides is 1. The van der Waals surface area contributed by atoms with Crippen LogP contribution in [-0.4, -0.2) is 22.5 Å². The van der Waals surface area contributed by atoms with Gasteiger partial charge in [0.05, 0.1) is 12.7 Å². The average Bonchev–Trinajstić information content (AvgIpc) is 3.09. The second kappa shape index (κ2) is 6.13. The first-order valence-electron chi connectivity index (χ1n) is 7.78. The minimum atomic E-state index is 0.0273. The van der Waals surface area contributed by atoms with Gasteiger partial charge in [-0.2, -0.15) is 0 Å². The first kappa shape index (κ1) is 15.0. The van der Waals surface area contributed by atoms with E-state index >= 15 is 0 Å². The van der Waals surface area contributed by atoms with Crippen molar-refractivity contribution in [2.24, 2.45) is 0 Å². The fourth-order valence-electron chi connectivity index (χ4n) is 2.97. The van der Waals surface area contributed by atoms with Crippen LogP contribution >= 0.6 is 11.6 Å². The lowest BCUT2D eigenvalue weighted by Gasteiger charge is -2.25. The number of aromatic nitrogens is 1. The van der Waals surface area contributed by atoms with Crippen molar-refractivity contribution in [2.75, 3.05) is 6.54 Å². The predicted molar refractivity (Wildman–Crippen MR) is 91.8 cm³/mol. The summed E-state index contributed by atoms with van der Waals surface area (Å²) >= 11 is 6.04. The second-order valence-electron chi connectivity index (χ2n) is 5.84. The van der Waals surface area contributed by atoms with Crippen molar-refractivity contribution in [3.05, 3.63) is 76.6 Å². The van der Waals surface area contributed by atoms with Crippen molar-refractivity contribution in [3.63, 3.8) is 0 Å². The highest BCUT2D eigenvalue weighted by Crippen LogP contribution is 2.24. The summed E-state index contributed by atoms with van der Waals surface area (Å²) in [5.41, 5.74) is 3.74. The smallest absolute Gasteiger partial charge is 0.254 e. The van der Waals surface area contributed by atoms with Gasteiger partial charge < -0.3 is 9.42 Å². The molecule has 0 atom stereocenters. The molecule has 120 valence electrons. The van der Waals surface area contributed by atoms with Crippen molar-refractivity contribution >= 4 is 17.5 Å². The maximum atomic E-state index is 12.7. The van der Waals surface area contributed by atoms with Gasteiger partial charge in [-0.25, -0.2) is 0 Å². The lowest BCUT2D eigenvalue weighted by Crippen LogP contribution is -2.35. The molecule has 3 aromatic rings. The summed E-state index contributed by atoms with van der Waals surface area (Å²) in [5, 5.41) is 4.50. The monoisotopic (exact) mass is 338 g/mol. The third kappa shape index (κ3) is 2.81. The number of rotatable bonds is 2. The van der Waals surface area contributed by atoms with Crippen LogP contribution in [0.15, 0.2) is 59.3 Å². The van der Waals surface area contributed by atoms with Crippen LogP contribution < -0.4 is 0 Å². The van der Waals surface area contributed by atoms with Crippen LogP contribution in [0.5, 0.6) is 0 Å². The van der Waals surface area contributed by atoms with Crippen LogP contribution in [0.1, 0.15) is 21.7 Å². The Kier molecular flexibility index (Phi) is 3.82. The summed E-state index contributed by atoms with van der Waals surface area (Å²) in [6.07, 6.45) is 2.40. The van der Waals surface area contributed by atoms with E-state index in [9.17, 15) is 4.79 Å². The van der Waals surface area contributed by atoms with Gasteiger partial charge in [-0.15, -0.1) is 0 Å². The summed E-state index contributed by atoms with van der Waals surface area (Å²) in [6, 6.07) is 15.3. The number of nitrogens with zero attached hydrogens (tertiary/aromatic N) is 2. The van der Waals surface area contributed by atoms with E-state index in [1.165, 1.54) is 0 Å². The zero-order valence-electron chi connectivity index (χ0n) is 12.9. The summed E-state index contributed by atoms with van der Waals surface area (Å²) in [6.45, 7) is 1.20. The highest BCUT2D eigenvalue weighted by Gasteiger charge is 2.24. The van der Waals surface area contributed by atoms with Crippen LogP contribution in [0.2, 0.25) is 5.02 Å². The zero-order valence-corrected chi connectivity index (χ0v) is 13.7. The Morgan fingerprint density at radius 1 is 1.12 bits per heavy atom. The zero-order chi connectivity index (χ0) is 16.5. The molecule has 0 unspecified atom stereocenters. The van der Waals surface area contributed by atoms with Crippen molar-refractivity contribution < 1.29 is 9.32 Å². The Hall–Kier alpha value is -2.59. The van der Waals surface area contributed by atoms with Gasteiger partial charge in [0.15, 0.2) is 0 Å².